The molecular formula is C19H24Cl4N2O2. The molecule has 2 rings (SSSR count). The second-order valence-electron chi connectivity index (χ2n) is 6.44. The molecule has 0 saturated heterocycles. The van der Waals surface area contributed by atoms with Crippen LogP contribution in [0.25, 0.3) is 0 Å². The molecule has 0 aliphatic carbocycles. The third-order valence-electron chi connectivity index (χ3n) is 3.39. The zero-order valence-corrected chi connectivity index (χ0v) is 18.7. The van der Waals surface area contributed by atoms with Crippen molar-refractivity contribution in [3.8, 4) is 0 Å². The number of halogens is 4. The molecule has 0 saturated carbocycles. The fourth-order valence-corrected chi connectivity index (χ4v) is 2.17. The molecule has 0 heterocycles. The maximum absolute atomic E-state index is 11.9. The van der Waals surface area contributed by atoms with Crippen molar-refractivity contribution in [2.75, 3.05) is 0 Å². The van der Waals surface area contributed by atoms with E-state index in [1.54, 1.807) is 36.4 Å². The lowest BCUT2D eigenvalue weighted by Gasteiger charge is -2.31. The highest BCUT2D eigenvalue weighted by Crippen LogP contribution is 2.15. The number of hydrazine groups is 1. The van der Waals surface area contributed by atoms with Crippen LogP contribution >= 0.6 is 48.0 Å². The summed E-state index contributed by atoms with van der Waals surface area (Å²) in [6, 6.07) is 13.9. The van der Waals surface area contributed by atoms with Gasteiger partial charge in [0.1, 0.15) is 0 Å². The Labute approximate surface area is 182 Å². The van der Waals surface area contributed by atoms with Gasteiger partial charge in [-0.3, -0.25) is 14.6 Å². The Hall–Kier alpha value is -1.30. The van der Waals surface area contributed by atoms with E-state index >= 15 is 0 Å². The molecule has 2 aromatic carbocycles. The van der Waals surface area contributed by atoms with Crippen LogP contribution in [0.4, 0.5) is 0 Å². The molecule has 0 radical (unpaired) electrons. The first kappa shape index (κ1) is 27.9. The Morgan fingerprint density at radius 3 is 1.81 bits per heavy atom. The van der Waals surface area contributed by atoms with Crippen LogP contribution in [0.5, 0.6) is 0 Å². The van der Waals surface area contributed by atoms with Gasteiger partial charge < -0.3 is 0 Å². The molecule has 0 unspecified atom stereocenters. The monoisotopic (exact) mass is 452 g/mol. The van der Waals surface area contributed by atoms with E-state index in [0.29, 0.717) is 16.1 Å². The minimum absolute atomic E-state index is 0. The molecule has 0 aromatic heterocycles. The Balaban J connectivity index is 0. The van der Waals surface area contributed by atoms with E-state index in [4.69, 9.17) is 29.0 Å². The molecule has 0 aliphatic rings. The van der Waals surface area contributed by atoms with E-state index in [9.17, 15) is 9.59 Å². The first-order chi connectivity index (χ1) is 11.5. The molecule has 4 nitrogen and oxygen atoms in total. The van der Waals surface area contributed by atoms with Crippen molar-refractivity contribution in [1.82, 2.24) is 5.01 Å². The van der Waals surface area contributed by atoms with Gasteiger partial charge in [-0.05, 0) is 75.2 Å². The number of rotatable bonds is 2. The maximum atomic E-state index is 11.9. The average molecular weight is 454 g/mol. The summed E-state index contributed by atoms with van der Waals surface area (Å²) in [6.07, 6.45) is 0. The molecule has 0 aliphatic heterocycles. The average Bonchev–Trinajstić information content (AvgIpc) is 2.54. The van der Waals surface area contributed by atoms with Gasteiger partial charge in [0.15, 0.2) is 0 Å². The summed E-state index contributed by atoms with van der Waals surface area (Å²) in [4.78, 5) is 22.5. The van der Waals surface area contributed by atoms with Crippen LogP contribution in [0.3, 0.4) is 0 Å². The normalized spacial score (nSPS) is 9.74. The van der Waals surface area contributed by atoms with Crippen LogP contribution < -0.4 is 5.84 Å². The van der Waals surface area contributed by atoms with Gasteiger partial charge in [0.05, 0.1) is 5.54 Å². The van der Waals surface area contributed by atoms with Crippen molar-refractivity contribution >= 4 is 59.2 Å². The second kappa shape index (κ2) is 12.2. The van der Waals surface area contributed by atoms with E-state index < -0.39 is 10.8 Å². The number of carbonyl (C=O) groups excluding carboxylic acids is 2. The molecule has 0 fully saturated rings. The highest BCUT2D eigenvalue weighted by molar-refractivity contribution is 6.67. The topological polar surface area (TPSA) is 63.4 Å². The van der Waals surface area contributed by atoms with E-state index in [1.807, 2.05) is 39.8 Å². The minimum Gasteiger partial charge on any atom is -0.276 e. The zero-order valence-electron chi connectivity index (χ0n) is 15.5. The molecule has 2 aromatic rings. The van der Waals surface area contributed by atoms with Gasteiger partial charge in [0.25, 0.3) is 11.1 Å². The molecular weight excluding hydrogens is 430 g/mol. The first-order valence-corrected chi connectivity index (χ1v) is 8.40. The lowest BCUT2D eigenvalue weighted by Crippen LogP contribution is -2.50. The van der Waals surface area contributed by atoms with Crippen LogP contribution in [0.2, 0.25) is 5.02 Å². The summed E-state index contributed by atoms with van der Waals surface area (Å²) in [5, 5.41) is 1.43. The number of amides is 1. The Morgan fingerprint density at radius 1 is 0.963 bits per heavy atom. The van der Waals surface area contributed by atoms with E-state index in [0.717, 1.165) is 5.56 Å². The van der Waals surface area contributed by atoms with Crippen molar-refractivity contribution < 1.29 is 9.59 Å². The van der Waals surface area contributed by atoms with Crippen molar-refractivity contribution in [2.45, 2.75) is 33.2 Å². The molecule has 0 bridgehead atoms. The van der Waals surface area contributed by atoms with Gasteiger partial charge in [-0.15, -0.1) is 24.8 Å². The summed E-state index contributed by atoms with van der Waals surface area (Å²) in [5.74, 6) is 5.51. The SMILES string of the molecule is CC(C)(C)N(N)C(=O)c1ccc(Cl)cc1.Cc1ccccc1C(=O)Cl.Cl.Cl. The predicted molar refractivity (Wildman–Crippen MR) is 117 cm³/mol. The number of nitrogens with two attached hydrogens (primary N) is 1. The minimum atomic E-state index is -0.392. The third-order valence-corrected chi connectivity index (χ3v) is 3.85. The summed E-state index contributed by atoms with van der Waals surface area (Å²) in [5.41, 5.74) is 1.65. The quantitative estimate of drug-likeness (QED) is 0.275. The predicted octanol–water partition coefficient (Wildman–Crippen LogP) is 5.67. The third kappa shape index (κ3) is 8.96. The number of nitrogens with zero attached hydrogens (tertiary/aromatic N) is 1. The van der Waals surface area contributed by atoms with E-state index in [-0.39, 0.29) is 30.7 Å². The lowest BCUT2D eigenvalue weighted by molar-refractivity contribution is 0.0582. The van der Waals surface area contributed by atoms with E-state index in [2.05, 4.69) is 0 Å². The standard InChI is InChI=1S/C11H15ClN2O.C8H7ClO.2ClH/c1-11(2,3)14(13)10(15)8-4-6-9(12)7-5-8;1-6-4-2-3-5-7(6)8(9)10;;/h4-7H,13H2,1-3H3;2-5H,1H3;2*1H. The Bertz CT molecular complexity index is 744. The Kier molecular flexibility index (Phi) is 12.6. The first-order valence-electron chi connectivity index (χ1n) is 7.64. The van der Waals surface area contributed by atoms with Crippen LogP contribution in [0.15, 0.2) is 48.5 Å². The molecule has 1 amide bonds. The Morgan fingerprint density at radius 2 is 1.44 bits per heavy atom. The number of aryl methyl sites for hydroxylation is 1. The van der Waals surface area contributed by atoms with Crippen LogP contribution in [0, 0.1) is 6.92 Å². The zero-order chi connectivity index (χ0) is 19.2. The van der Waals surface area contributed by atoms with Gasteiger partial charge in [-0.1, -0.05) is 29.8 Å². The molecule has 0 atom stereocenters. The van der Waals surface area contributed by atoms with Gasteiger partial charge in [-0.2, -0.15) is 0 Å². The van der Waals surface area contributed by atoms with Crippen LogP contribution in [-0.2, 0) is 0 Å². The molecule has 2 N–H and O–H groups in total. The molecule has 27 heavy (non-hydrogen) atoms. The van der Waals surface area contributed by atoms with E-state index in [1.165, 1.54) is 5.01 Å². The van der Waals surface area contributed by atoms with Gasteiger partial charge in [-0.25, -0.2) is 5.84 Å². The maximum Gasteiger partial charge on any atom is 0.268 e. The second-order valence-corrected chi connectivity index (χ2v) is 7.22. The summed E-state index contributed by atoms with van der Waals surface area (Å²) >= 11 is 11.0. The molecule has 0 spiro atoms. The van der Waals surface area contributed by atoms with Crippen molar-refractivity contribution in [3.05, 3.63) is 70.2 Å². The molecule has 8 heteroatoms. The fourth-order valence-electron chi connectivity index (χ4n) is 1.83. The fraction of sp³-hybridized carbons (Fsp3) is 0.263. The number of hydrogen-bond acceptors (Lipinski definition) is 3. The smallest absolute Gasteiger partial charge is 0.268 e. The highest BCUT2D eigenvalue weighted by Gasteiger charge is 2.24. The van der Waals surface area contributed by atoms with Crippen LogP contribution in [-0.4, -0.2) is 21.7 Å². The lowest BCUT2D eigenvalue weighted by atomic mass is 10.1. The highest BCUT2D eigenvalue weighted by atomic mass is 35.5. The number of benzene rings is 2. The van der Waals surface area contributed by atoms with Gasteiger partial charge >= 0.3 is 0 Å². The largest absolute Gasteiger partial charge is 0.276 e. The molecule has 150 valence electrons. The van der Waals surface area contributed by atoms with Gasteiger partial charge in [0.2, 0.25) is 0 Å². The summed E-state index contributed by atoms with van der Waals surface area (Å²) in [6.45, 7) is 7.48. The summed E-state index contributed by atoms with van der Waals surface area (Å²) < 4.78 is 0. The summed E-state index contributed by atoms with van der Waals surface area (Å²) in [7, 11) is 0. The van der Waals surface area contributed by atoms with Crippen molar-refractivity contribution in [3.63, 3.8) is 0 Å². The van der Waals surface area contributed by atoms with Crippen molar-refractivity contribution in [1.29, 1.82) is 0 Å². The number of carbonyl (C=O) groups is 2. The number of hydrogen-bond donors (Lipinski definition) is 1. The van der Waals surface area contributed by atoms with Crippen molar-refractivity contribution in [2.24, 2.45) is 5.84 Å². The van der Waals surface area contributed by atoms with Gasteiger partial charge in [0, 0.05) is 16.1 Å². The van der Waals surface area contributed by atoms with Crippen LogP contribution in [0.1, 0.15) is 47.1 Å².